The SMILES string of the molecule is Cc1c(Cn2cc(Br)c(N)n2)cnn1C. The first-order chi connectivity index (χ1) is 7.08. The average molecular weight is 270 g/mol. The summed E-state index contributed by atoms with van der Waals surface area (Å²) in [6.45, 7) is 2.72. The van der Waals surface area contributed by atoms with E-state index < -0.39 is 0 Å². The van der Waals surface area contributed by atoms with Gasteiger partial charge in [-0.1, -0.05) is 0 Å². The highest BCUT2D eigenvalue weighted by Gasteiger charge is 2.07. The van der Waals surface area contributed by atoms with Crippen molar-refractivity contribution in [3.05, 3.63) is 28.1 Å². The normalized spacial score (nSPS) is 10.9. The molecule has 0 unspecified atom stereocenters. The number of anilines is 1. The molecule has 2 aromatic heterocycles. The summed E-state index contributed by atoms with van der Waals surface area (Å²) < 4.78 is 4.46. The molecule has 80 valence electrons. The number of hydrogen-bond donors (Lipinski definition) is 1. The van der Waals surface area contributed by atoms with Gasteiger partial charge in [-0.15, -0.1) is 0 Å². The monoisotopic (exact) mass is 269 g/mol. The van der Waals surface area contributed by atoms with E-state index in [1.807, 2.05) is 31.0 Å². The van der Waals surface area contributed by atoms with E-state index in [9.17, 15) is 0 Å². The van der Waals surface area contributed by atoms with Gasteiger partial charge in [0.15, 0.2) is 5.82 Å². The molecule has 2 aromatic rings. The van der Waals surface area contributed by atoms with Crippen molar-refractivity contribution in [1.82, 2.24) is 19.6 Å². The number of halogens is 1. The summed E-state index contributed by atoms with van der Waals surface area (Å²) in [5.74, 6) is 0.511. The molecule has 0 radical (unpaired) electrons. The lowest BCUT2D eigenvalue weighted by atomic mass is 10.2. The molecule has 2 rings (SSSR count). The van der Waals surface area contributed by atoms with Gasteiger partial charge in [0.05, 0.1) is 17.2 Å². The van der Waals surface area contributed by atoms with E-state index in [0.29, 0.717) is 12.4 Å². The van der Waals surface area contributed by atoms with Crippen LogP contribution in [0, 0.1) is 6.92 Å². The molecule has 0 saturated carbocycles. The molecule has 0 atom stereocenters. The standard InChI is InChI=1S/C9H12BrN5/c1-6-7(3-12-14(6)2)4-15-5-8(10)9(11)13-15/h3,5H,4H2,1-2H3,(H2,11,13). The predicted molar refractivity (Wildman–Crippen MR) is 61.4 cm³/mol. The fourth-order valence-corrected chi connectivity index (χ4v) is 1.68. The van der Waals surface area contributed by atoms with Crippen LogP contribution in [0.15, 0.2) is 16.9 Å². The third-order valence-electron chi connectivity index (χ3n) is 2.41. The lowest BCUT2D eigenvalue weighted by Gasteiger charge is -2.00. The Balaban J connectivity index is 2.25. The molecular weight excluding hydrogens is 258 g/mol. The van der Waals surface area contributed by atoms with E-state index in [1.165, 1.54) is 0 Å². The van der Waals surface area contributed by atoms with E-state index in [1.54, 1.807) is 4.68 Å². The Labute approximate surface area is 96.0 Å². The molecule has 0 aliphatic heterocycles. The van der Waals surface area contributed by atoms with Gasteiger partial charge < -0.3 is 5.73 Å². The van der Waals surface area contributed by atoms with Gasteiger partial charge in [0.25, 0.3) is 0 Å². The quantitative estimate of drug-likeness (QED) is 0.895. The Morgan fingerprint density at radius 3 is 2.73 bits per heavy atom. The number of nitrogen functional groups attached to an aromatic ring is 1. The van der Waals surface area contributed by atoms with Gasteiger partial charge in [0.1, 0.15) is 0 Å². The summed E-state index contributed by atoms with van der Waals surface area (Å²) >= 11 is 3.32. The van der Waals surface area contributed by atoms with Gasteiger partial charge in [0.2, 0.25) is 0 Å². The van der Waals surface area contributed by atoms with Crippen LogP contribution in [0.25, 0.3) is 0 Å². The second-order valence-corrected chi connectivity index (χ2v) is 4.29. The molecule has 0 aliphatic carbocycles. The maximum Gasteiger partial charge on any atom is 0.159 e. The number of nitrogens with two attached hydrogens (primary N) is 1. The van der Waals surface area contributed by atoms with Crippen molar-refractivity contribution < 1.29 is 0 Å². The van der Waals surface area contributed by atoms with Gasteiger partial charge in [-0.05, 0) is 22.9 Å². The molecule has 0 aliphatic rings. The third kappa shape index (κ3) is 1.90. The first-order valence-corrected chi connectivity index (χ1v) is 5.33. The summed E-state index contributed by atoms with van der Waals surface area (Å²) in [4.78, 5) is 0. The zero-order chi connectivity index (χ0) is 11.0. The Morgan fingerprint density at radius 2 is 2.27 bits per heavy atom. The molecule has 2 heterocycles. The number of aromatic nitrogens is 4. The van der Waals surface area contributed by atoms with Crippen molar-refractivity contribution >= 4 is 21.7 Å². The Bertz CT molecular complexity index is 465. The summed E-state index contributed by atoms with van der Waals surface area (Å²) in [5.41, 5.74) is 7.92. The number of aryl methyl sites for hydroxylation is 1. The van der Waals surface area contributed by atoms with Crippen molar-refractivity contribution in [2.24, 2.45) is 7.05 Å². The molecular formula is C9H12BrN5. The minimum Gasteiger partial charge on any atom is -0.381 e. The van der Waals surface area contributed by atoms with E-state index in [-0.39, 0.29) is 0 Å². The van der Waals surface area contributed by atoms with E-state index >= 15 is 0 Å². The third-order valence-corrected chi connectivity index (χ3v) is 3.02. The van der Waals surface area contributed by atoms with Crippen LogP contribution in [-0.2, 0) is 13.6 Å². The topological polar surface area (TPSA) is 61.7 Å². The van der Waals surface area contributed by atoms with E-state index in [0.717, 1.165) is 15.7 Å². The minimum absolute atomic E-state index is 0.511. The van der Waals surface area contributed by atoms with Crippen LogP contribution in [0.3, 0.4) is 0 Å². The molecule has 0 bridgehead atoms. The number of rotatable bonds is 2. The van der Waals surface area contributed by atoms with Crippen LogP contribution in [-0.4, -0.2) is 19.6 Å². The average Bonchev–Trinajstić information content (AvgIpc) is 2.65. The van der Waals surface area contributed by atoms with Crippen LogP contribution in [0.1, 0.15) is 11.3 Å². The van der Waals surface area contributed by atoms with Crippen molar-refractivity contribution in [2.75, 3.05) is 5.73 Å². The highest BCUT2D eigenvalue weighted by atomic mass is 79.9. The summed E-state index contributed by atoms with van der Waals surface area (Å²) in [5, 5.41) is 8.34. The maximum atomic E-state index is 5.64. The second-order valence-electron chi connectivity index (χ2n) is 3.44. The minimum atomic E-state index is 0.511. The number of nitrogens with zero attached hydrogens (tertiary/aromatic N) is 4. The molecule has 0 amide bonds. The Hall–Kier alpha value is -1.30. The smallest absolute Gasteiger partial charge is 0.159 e. The molecule has 0 aromatic carbocycles. The Morgan fingerprint density at radius 1 is 1.53 bits per heavy atom. The van der Waals surface area contributed by atoms with Crippen molar-refractivity contribution in [3.8, 4) is 0 Å². The van der Waals surface area contributed by atoms with Crippen molar-refractivity contribution in [1.29, 1.82) is 0 Å². The fourth-order valence-electron chi connectivity index (χ4n) is 1.37. The molecule has 6 heteroatoms. The molecule has 15 heavy (non-hydrogen) atoms. The van der Waals surface area contributed by atoms with E-state index in [2.05, 4.69) is 26.1 Å². The van der Waals surface area contributed by atoms with Crippen molar-refractivity contribution in [2.45, 2.75) is 13.5 Å². The van der Waals surface area contributed by atoms with Crippen molar-refractivity contribution in [3.63, 3.8) is 0 Å². The molecule has 0 fully saturated rings. The summed E-state index contributed by atoms with van der Waals surface area (Å²) in [7, 11) is 1.92. The lowest BCUT2D eigenvalue weighted by Crippen LogP contribution is -2.02. The maximum absolute atomic E-state index is 5.64. The van der Waals surface area contributed by atoms with E-state index in [4.69, 9.17) is 5.73 Å². The zero-order valence-corrected chi connectivity index (χ0v) is 10.2. The van der Waals surface area contributed by atoms with Crippen LogP contribution in [0.4, 0.5) is 5.82 Å². The molecule has 0 saturated heterocycles. The van der Waals surface area contributed by atoms with Crippen LogP contribution >= 0.6 is 15.9 Å². The zero-order valence-electron chi connectivity index (χ0n) is 8.61. The first-order valence-electron chi connectivity index (χ1n) is 4.54. The van der Waals surface area contributed by atoms with Crippen LogP contribution in [0.2, 0.25) is 0 Å². The van der Waals surface area contributed by atoms with Gasteiger partial charge in [0, 0.05) is 24.5 Å². The van der Waals surface area contributed by atoms with Crippen LogP contribution in [0.5, 0.6) is 0 Å². The molecule has 2 N–H and O–H groups in total. The highest BCUT2D eigenvalue weighted by Crippen LogP contribution is 2.17. The van der Waals surface area contributed by atoms with Crippen LogP contribution < -0.4 is 5.73 Å². The largest absolute Gasteiger partial charge is 0.381 e. The van der Waals surface area contributed by atoms with Gasteiger partial charge in [-0.2, -0.15) is 10.2 Å². The number of hydrogen-bond acceptors (Lipinski definition) is 3. The first kappa shape index (κ1) is 10.2. The summed E-state index contributed by atoms with van der Waals surface area (Å²) in [6.07, 6.45) is 3.71. The lowest BCUT2D eigenvalue weighted by molar-refractivity contribution is 0.681. The molecule has 0 spiro atoms. The highest BCUT2D eigenvalue weighted by molar-refractivity contribution is 9.10. The van der Waals surface area contributed by atoms with Gasteiger partial charge in [-0.3, -0.25) is 9.36 Å². The van der Waals surface area contributed by atoms with Gasteiger partial charge in [-0.25, -0.2) is 0 Å². The fraction of sp³-hybridized carbons (Fsp3) is 0.333. The summed E-state index contributed by atoms with van der Waals surface area (Å²) in [6, 6.07) is 0. The molecule has 5 nitrogen and oxygen atoms in total. The second kappa shape index (κ2) is 3.69. The predicted octanol–water partition coefficient (Wildman–Crippen LogP) is 1.32. The Kier molecular flexibility index (Phi) is 2.52. The van der Waals surface area contributed by atoms with Gasteiger partial charge >= 0.3 is 0 Å².